The molecule has 0 saturated carbocycles. The van der Waals surface area contributed by atoms with Gasteiger partial charge in [-0.1, -0.05) is 55.5 Å². The minimum Gasteiger partial charge on any atom is -0.439 e. The second kappa shape index (κ2) is 11.4. The van der Waals surface area contributed by atoms with Gasteiger partial charge in [0.2, 0.25) is 16.9 Å². The number of hydrogen-bond acceptors (Lipinski definition) is 7. The van der Waals surface area contributed by atoms with Gasteiger partial charge in [-0.3, -0.25) is 9.11 Å². The molecular formula is C30H33N2O7S3+. The molecule has 0 bridgehead atoms. The van der Waals surface area contributed by atoms with Crippen molar-refractivity contribution in [2.24, 2.45) is 5.92 Å². The van der Waals surface area contributed by atoms with Crippen LogP contribution < -0.4 is 14.2 Å². The molecule has 0 radical (unpaired) electrons. The van der Waals surface area contributed by atoms with Crippen molar-refractivity contribution in [3.63, 3.8) is 0 Å². The summed E-state index contributed by atoms with van der Waals surface area (Å²) in [4.78, 5) is 1.69. The van der Waals surface area contributed by atoms with Crippen LogP contribution in [0.5, 0.6) is 5.75 Å². The maximum absolute atomic E-state index is 12.9. The van der Waals surface area contributed by atoms with Gasteiger partial charge in [0.1, 0.15) is 4.70 Å². The van der Waals surface area contributed by atoms with Crippen molar-refractivity contribution in [3.8, 4) is 5.75 Å². The summed E-state index contributed by atoms with van der Waals surface area (Å²) < 4.78 is 77.5. The molecule has 5 rings (SSSR count). The van der Waals surface area contributed by atoms with Gasteiger partial charge in [-0.25, -0.2) is 0 Å². The monoisotopic (exact) mass is 629 g/mol. The Morgan fingerprint density at radius 1 is 1.07 bits per heavy atom. The summed E-state index contributed by atoms with van der Waals surface area (Å²) in [6, 6.07) is 15.4. The summed E-state index contributed by atoms with van der Waals surface area (Å²) in [5.41, 5.74) is 5.87. The molecule has 1 aliphatic rings. The number of allylic oxidation sites excluding steroid dienone is 3. The van der Waals surface area contributed by atoms with E-state index >= 15 is 0 Å². The number of anilines is 1. The summed E-state index contributed by atoms with van der Waals surface area (Å²) in [7, 11) is -8.78. The van der Waals surface area contributed by atoms with Crippen molar-refractivity contribution in [1.82, 2.24) is 0 Å². The van der Waals surface area contributed by atoms with E-state index in [9.17, 15) is 25.9 Å². The first-order valence-corrected chi connectivity index (χ1v) is 17.5. The van der Waals surface area contributed by atoms with Crippen LogP contribution in [0.4, 0.5) is 5.69 Å². The number of hydrogen-bond donors (Lipinski definition) is 2. The van der Waals surface area contributed by atoms with E-state index in [0.29, 0.717) is 23.7 Å². The quantitative estimate of drug-likeness (QED) is 0.172. The highest BCUT2D eigenvalue weighted by molar-refractivity contribution is 7.86. The highest BCUT2D eigenvalue weighted by atomic mass is 32.2. The number of aryl methyl sites for hydroxylation is 2. The minimum absolute atomic E-state index is 0.0375. The number of thiazole rings is 1. The summed E-state index contributed by atoms with van der Waals surface area (Å²) in [5.74, 6) is -0.233. The first-order valence-electron chi connectivity index (χ1n) is 13.5. The first kappa shape index (κ1) is 30.2. The van der Waals surface area contributed by atoms with Crippen LogP contribution in [0.25, 0.3) is 21.0 Å². The molecule has 12 heteroatoms. The maximum Gasteiger partial charge on any atom is 0.330 e. The minimum atomic E-state index is -4.55. The molecule has 0 saturated heterocycles. The molecule has 2 N–H and O–H groups in total. The van der Waals surface area contributed by atoms with E-state index in [1.54, 1.807) is 34.1 Å². The van der Waals surface area contributed by atoms with E-state index in [4.69, 9.17) is 4.74 Å². The van der Waals surface area contributed by atoms with Crippen molar-refractivity contribution in [2.45, 2.75) is 39.5 Å². The standard InChI is InChI=1S/C30H32N2O7S3/c1-5-22(17-28-31(12-13-41(33,34)35)25-15-19(2)20(3)16-26(25)39-28)14-21(4)30(42(36,37)38)32-18-40-27-11-10-23-8-6-7-9-24(23)29(27)32/h6-11,14-18,21,30H,5,12-13H2,1-4H3,(H-,33,34,35,36,37,38)/p+1. The Bertz CT molecular complexity index is 1960. The van der Waals surface area contributed by atoms with Gasteiger partial charge < -0.3 is 9.64 Å². The third-order valence-electron chi connectivity index (χ3n) is 7.56. The zero-order valence-corrected chi connectivity index (χ0v) is 26.1. The van der Waals surface area contributed by atoms with Crippen molar-refractivity contribution in [1.29, 1.82) is 0 Å². The fourth-order valence-electron chi connectivity index (χ4n) is 5.36. The van der Waals surface area contributed by atoms with Gasteiger partial charge in [-0.05, 0) is 66.6 Å². The van der Waals surface area contributed by atoms with Gasteiger partial charge in [0, 0.05) is 12.6 Å². The van der Waals surface area contributed by atoms with Gasteiger partial charge in [-0.2, -0.15) is 21.4 Å². The largest absolute Gasteiger partial charge is 0.439 e. The average molecular weight is 630 g/mol. The topological polar surface area (TPSA) is 125 Å². The molecule has 2 atom stereocenters. The van der Waals surface area contributed by atoms with Crippen molar-refractivity contribution in [3.05, 3.63) is 88.8 Å². The normalized spacial score (nSPS) is 16.7. The van der Waals surface area contributed by atoms with Crippen LogP contribution in [0.1, 0.15) is 36.8 Å². The van der Waals surface area contributed by atoms with Crippen LogP contribution in [0, 0.1) is 19.8 Å². The average Bonchev–Trinajstić information content (AvgIpc) is 3.47. The molecular weight excluding hydrogens is 597 g/mol. The van der Waals surface area contributed by atoms with Gasteiger partial charge in [0.25, 0.3) is 15.5 Å². The van der Waals surface area contributed by atoms with Gasteiger partial charge in [0.15, 0.2) is 5.75 Å². The van der Waals surface area contributed by atoms with Crippen LogP contribution in [0.3, 0.4) is 0 Å². The van der Waals surface area contributed by atoms with E-state index in [1.165, 1.54) is 11.3 Å². The second-order valence-corrected chi connectivity index (χ2v) is 14.5. The Hall–Kier alpha value is -3.29. The van der Waals surface area contributed by atoms with Crippen molar-refractivity contribution >= 4 is 58.2 Å². The van der Waals surface area contributed by atoms with Crippen molar-refractivity contribution in [2.75, 3.05) is 17.2 Å². The molecule has 2 heterocycles. The lowest BCUT2D eigenvalue weighted by Gasteiger charge is -2.19. The molecule has 0 fully saturated rings. The van der Waals surface area contributed by atoms with Crippen LogP contribution in [0.15, 0.2) is 77.6 Å². The van der Waals surface area contributed by atoms with Gasteiger partial charge in [0.05, 0.1) is 22.7 Å². The molecule has 0 spiro atoms. The Labute approximate surface area is 249 Å². The highest BCUT2D eigenvalue weighted by Crippen LogP contribution is 2.41. The molecule has 222 valence electrons. The fourth-order valence-corrected chi connectivity index (χ4v) is 7.87. The van der Waals surface area contributed by atoms with Crippen LogP contribution in [-0.2, 0) is 20.2 Å². The summed E-state index contributed by atoms with van der Waals surface area (Å²) in [6.07, 6.45) is 4.04. The molecule has 9 nitrogen and oxygen atoms in total. The Morgan fingerprint density at radius 2 is 1.79 bits per heavy atom. The number of nitrogens with zero attached hydrogens (tertiary/aromatic N) is 2. The number of rotatable bonds is 9. The Balaban J connectivity index is 1.57. The van der Waals surface area contributed by atoms with Crippen LogP contribution in [-0.4, -0.2) is 38.2 Å². The number of ether oxygens (including phenoxy) is 1. The SMILES string of the molecule is CCC(=CC(C)C([n+]1csc2ccc3ccccc3c21)S(=O)(=O)O)C=C1Oc2cc(C)c(C)cc2N1CCS(=O)(=O)O. The third-order valence-corrected chi connectivity index (χ3v) is 10.4. The fraction of sp³-hybridized carbons (Fsp3) is 0.300. The van der Waals surface area contributed by atoms with Gasteiger partial charge in [-0.15, -0.1) is 0 Å². The van der Waals surface area contributed by atoms with E-state index in [1.807, 2.05) is 69.3 Å². The zero-order chi connectivity index (χ0) is 30.4. The molecule has 1 aliphatic heterocycles. The van der Waals surface area contributed by atoms with Crippen LogP contribution in [0.2, 0.25) is 0 Å². The molecule has 0 amide bonds. The molecule has 4 aromatic rings. The molecule has 2 unspecified atom stereocenters. The summed E-state index contributed by atoms with van der Waals surface area (Å²) in [5, 5.41) is 0.553. The Kier molecular flexibility index (Phi) is 8.20. The first-order chi connectivity index (χ1) is 19.8. The van der Waals surface area contributed by atoms with E-state index < -0.39 is 37.3 Å². The zero-order valence-electron chi connectivity index (χ0n) is 23.7. The van der Waals surface area contributed by atoms with Crippen molar-refractivity contribution < 1.29 is 35.2 Å². The van der Waals surface area contributed by atoms with E-state index in [-0.39, 0.29) is 6.54 Å². The number of fused-ring (bicyclic) bond motifs is 4. The molecule has 0 aliphatic carbocycles. The maximum atomic E-state index is 12.9. The lowest BCUT2D eigenvalue weighted by atomic mass is 10.0. The summed E-state index contributed by atoms with van der Waals surface area (Å²) >= 11 is 1.40. The van der Waals surface area contributed by atoms with Crippen LogP contribution >= 0.6 is 11.3 Å². The second-order valence-electron chi connectivity index (χ2n) is 10.6. The predicted octanol–water partition coefficient (Wildman–Crippen LogP) is 5.95. The lowest BCUT2D eigenvalue weighted by Crippen LogP contribution is -2.45. The van der Waals surface area contributed by atoms with Gasteiger partial charge >= 0.3 is 10.1 Å². The Morgan fingerprint density at radius 3 is 2.48 bits per heavy atom. The lowest BCUT2D eigenvalue weighted by molar-refractivity contribution is -0.677. The smallest absolute Gasteiger partial charge is 0.330 e. The third kappa shape index (κ3) is 6.09. The molecule has 1 aromatic heterocycles. The van der Waals surface area contributed by atoms with E-state index in [2.05, 4.69) is 0 Å². The van der Waals surface area contributed by atoms with E-state index in [0.717, 1.165) is 37.7 Å². The summed E-state index contributed by atoms with van der Waals surface area (Å²) in [6.45, 7) is 7.51. The number of aromatic nitrogens is 1. The molecule has 3 aromatic carbocycles. The number of benzene rings is 3. The predicted molar refractivity (Wildman–Crippen MR) is 166 cm³/mol. The molecule has 42 heavy (non-hydrogen) atoms. The highest BCUT2D eigenvalue weighted by Gasteiger charge is 2.40.